The molecule has 1 heterocycles. The van der Waals surface area contributed by atoms with E-state index < -0.39 is 5.97 Å². The lowest BCUT2D eigenvalue weighted by atomic mass is 10.0. The monoisotopic (exact) mass is 465 g/mol. The van der Waals surface area contributed by atoms with Crippen molar-refractivity contribution in [3.63, 3.8) is 0 Å². The van der Waals surface area contributed by atoms with Crippen molar-refractivity contribution in [1.29, 1.82) is 0 Å². The van der Waals surface area contributed by atoms with E-state index in [2.05, 4.69) is 5.16 Å². The topological polar surface area (TPSA) is 74.2 Å². The Hall–Kier alpha value is -2.08. The number of halogens is 1. The van der Waals surface area contributed by atoms with Crippen LogP contribution >= 0.6 is 11.6 Å². The number of esters is 1. The minimum absolute atomic E-state index is 0.135. The number of ether oxygens (including phenoxy) is 2. The first-order chi connectivity index (χ1) is 15.4. The number of rotatable bonds is 4. The predicted octanol–water partition coefficient (Wildman–Crippen LogP) is 6.55. The fraction of sp³-hybridized carbons (Fsp3) is 0.640. The van der Waals surface area contributed by atoms with Crippen molar-refractivity contribution in [2.24, 2.45) is 5.16 Å². The van der Waals surface area contributed by atoms with Crippen LogP contribution in [0.25, 0.3) is 0 Å². The Morgan fingerprint density at radius 2 is 1.72 bits per heavy atom. The molecule has 0 saturated carbocycles. The van der Waals surface area contributed by atoms with Crippen molar-refractivity contribution in [2.75, 3.05) is 6.61 Å². The third-order valence-corrected chi connectivity index (χ3v) is 5.76. The van der Waals surface area contributed by atoms with Crippen molar-refractivity contribution in [1.82, 2.24) is 0 Å². The number of hydrogen-bond donors (Lipinski definition) is 0. The Morgan fingerprint density at radius 3 is 2.41 bits per heavy atom. The molecule has 2 rings (SSSR count). The standard InChI is InChI=1S/C25H36ClNO5/c1-19-17-21(26)14-16-23(19)30-18-25(29)32-27-22-11-9-7-5-3-4-6-8-10-12-24(28)31-20(2)13-15-22/h14,16-17,20H,3-13,15,18H2,1-2H3/b27-22+. The SMILES string of the molecule is Cc1cc(Cl)ccc1OCC(=O)O/N=C1\CCCCCCCCCCC(=O)OC(C)CC1. The lowest BCUT2D eigenvalue weighted by Gasteiger charge is -2.14. The Labute approximate surface area is 196 Å². The van der Waals surface area contributed by atoms with Gasteiger partial charge in [0.15, 0.2) is 6.61 Å². The number of oxime groups is 1. The highest BCUT2D eigenvalue weighted by atomic mass is 35.5. The molecule has 1 atom stereocenters. The maximum absolute atomic E-state index is 12.1. The molecule has 0 N–H and O–H groups in total. The maximum Gasteiger partial charge on any atom is 0.372 e. The van der Waals surface area contributed by atoms with E-state index in [1.807, 2.05) is 13.8 Å². The highest BCUT2D eigenvalue weighted by Crippen LogP contribution is 2.21. The highest BCUT2D eigenvalue weighted by Gasteiger charge is 2.13. The molecule has 1 aliphatic rings. The van der Waals surface area contributed by atoms with Crippen molar-refractivity contribution in [2.45, 2.75) is 97.0 Å². The van der Waals surface area contributed by atoms with Crippen LogP contribution in [-0.4, -0.2) is 30.4 Å². The molecule has 1 unspecified atom stereocenters. The number of nitrogens with zero attached hydrogens (tertiary/aromatic N) is 1. The summed E-state index contributed by atoms with van der Waals surface area (Å²) < 4.78 is 11.0. The number of carbonyl (C=O) groups excluding carboxylic acids is 2. The molecule has 32 heavy (non-hydrogen) atoms. The van der Waals surface area contributed by atoms with Crippen molar-refractivity contribution in [3.05, 3.63) is 28.8 Å². The molecule has 1 aromatic rings. The van der Waals surface area contributed by atoms with Crippen LogP contribution in [0.15, 0.2) is 23.4 Å². The second kappa shape index (κ2) is 14.9. The van der Waals surface area contributed by atoms with E-state index in [0.29, 0.717) is 30.0 Å². The lowest BCUT2D eigenvalue weighted by Crippen LogP contribution is -2.17. The molecule has 6 nitrogen and oxygen atoms in total. The van der Waals surface area contributed by atoms with E-state index in [1.54, 1.807) is 18.2 Å². The van der Waals surface area contributed by atoms with Crippen LogP contribution in [-0.2, 0) is 19.2 Å². The Kier molecular flexibility index (Phi) is 12.2. The predicted molar refractivity (Wildman–Crippen MR) is 126 cm³/mol. The summed E-state index contributed by atoms with van der Waals surface area (Å²) in [5, 5.41) is 4.73. The van der Waals surface area contributed by atoms with Gasteiger partial charge in [0.25, 0.3) is 0 Å². The molecule has 7 heteroatoms. The summed E-state index contributed by atoms with van der Waals surface area (Å²) in [5.74, 6) is -0.109. The fourth-order valence-corrected chi connectivity index (χ4v) is 3.87. The molecular formula is C25H36ClNO5. The zero-order valence-electron chi connectivity index (χ0n) is 19.4. The zero-order chi connectivity index (χ0) is 23.2. The molecule has 1 fully saturated rings. The van der Waals surface area contributed by atoms with Gasteiger partial charge in [0.2, 0.25) is 0 Å². The average molecular weight is 466 g/mol. The van der Waals surface area contributed by atoms with E-state index in [-0.39, 0.29) is 18.7 Å². The fourth-order valence-electron chi connectivity index (χ4n) is 3.64. The van der Waals surface area contributed by atoms with Gasteiger partial charge < -0.3 is 14.3 Å². The second-order valence-electron chi connectivity index (χ2n) is 8.49. The average Bonchev–Trinajstić information content (AvgIpc) is 2.74. The van der Waals surface area contributed by atoms with Crippen LogP contribution in [0.3, 0.4) is 0 Å². The summed E-state index contributed by atoms with van der Waals surface area (Å²) in [7, 11) is 0. The van der Waals surface area contributed by atoms with Gasteiger partial charge in [0, 0.05) is 11.4 Å². The van der Waals surface area contributed by atoms with E-state index in [9.17, 15) is 9.59 Å². The van der Waals surface area contributed by atoms with E-state index in [1.165, 1.54) is 25.7 Å². The van der Waals surface area contributed by atoms with Crippen LogP contribution in [0.2, 0.25) is 5.02 Å². The van der Waals surface area contributed by atoms with E-state index in [0.717, 1.165) is 43.4 Å². The third-order valence-electron chi connectivity index (χ3n) is 5.53. The van der Waals surface area contributed by atoms with Gasteiger partial charge in [-0.1, -0.05) is 55.3 Å². The van der Waals surface area contributed by atoms with Gasteiger partial charge in [-0.25, -0.2) is 4.79 Å². The van der Waals surface area contributed by atoms with Crippen LogP contribution in [0.5, 0.6) is 5.75 Å². The Balaban J connectivity index is 1.87. The smallest absolute Gasteiger partial charge is 0.372 e. The summed E-state index contributed by atoms with van der Waals surface area (Å²) in [6.45, 7) is 3.53. The summed E-state index contributed by atoms with van der Waals surface area (Å²) in [6, 6.07) is 5.21. The van der Waals surface area contributed by atoms with Crippen molar-refractivity contribution < 1.29 is 23.9 Å². The summed E-state index contributed by atoms with van der Waals surface area (Å²) >= 11 is 5.94. The van der Waals surface area contributed by atoms with Crippen molar-refractivity contribution in [3.8, 4) is 5.75 Å². The quantitative estimate of drug-likeness (QED) is 0.286. The normalized spacial score (nSPS) is 21.0. The molecule has 0 aliphatic carbocycles. The zero-order valence-corrected chi connectivity index (χ0v) is 20.1. The molecule has 0 amide bonds. The maximum atomic E-state index is 12.1. The van der Waals surface area contributed by atoms with E-state index in [4.69, 9.17) is 25.9 Å². The first kappa shape index (κ1) is 26.2. The Morgan fingerprint density at radius 1 is 1.06 bits per heavy atom. The molecule has 1 saturated heterocycles. The minimum atomic E-state index is -0.557. The number of benzene rings is 1. The largest absolute Gasteiger partial charge is 0.482 e. The van der Waals surface area contributed by atoms with Gasteiger partial charge >= 0.3 is 11.9 Å². The number of hydrogen-bond acceptors (Lipinski definition) is 6. The van der Waals surface area contributed by atoms with Gasteiger partial charge in [-0.05, 0) is 69.7 Å². The molecule has 1 aliphatic heterocycles. The number of cyclic esters (lactones) is 1. The molecule has 178 valence electrons. The highest BCUT2D eigenvalue weighted by molar-refractivity contribution is 6.30. The van der Waals surface area contributed by atoms with Gasteiger partial charge in [0.05, 0.1) is 11.8 Å². The van der Waals surface area contributed by atoms with Gasteiger partial charge in [-0.3, -0.25) is 4.79 Å². The van der Waals surface area contributed by atoms with Crippen molar-refractivity contribution >= 4 is 29.3 Å². The number of carbonyl (C=O) groups is 2. The molecular weight excluding hydrogens is 430 g/mol. The number of aryl methyl sites for hydroxylation is 1. The first-order valence-electron chi connectivity index (χ1n) is 11.8. The van der Waals surface area contributed by atoms with Crippen LogP contribution < -0.4 is 4.74 Å². The summed E-state index contributed by atoms with van der Waals surface area (Å²) in [5.41, 5.74) is 1.66. The lowest BCUT2D eigenvalue weighted by molar-refractivity contribution is -0.148. The Bertz CT molecular complexity index is 765. The first-order valence-corrected chi connectivity index (χ1v) is 12.2. The van der Waals surface area contributed by atoms with Crippen LogP contribution in [0.4, 0.5) is 0 Å². The minimum Gasteiger partial charge on any atom is -0.482 e. The molecule has 0 bridgehead atoms. The summed E-state index contributed by atoms with van der Waals surface area (Å²) in [6.07, 6.45) is 11.3. The van der Waals surface area contributed by atoms with Gasteiger partial charge in [0.1, 0.15) is 5.75 Å². The molecule has 0 spiro atoms. The molecule has 1 aromatic carbocycles. The van der Waals surface area contributed by atoms with Crippen LogP contribution in [0, 0.1) is 6.92 Å². The summed E-state index contributed by atoms with van der Waals surface area (Å²) in [4.78, 5) is 29.2. The molecule has 0 aromatic heterocycles. The second-order valence-corrected chi connectivity index (χ2v) is 8.92. The van der Waals surface area contributed by atoms with Gasteiger partial charge in [-0.2, -0.15) is 0 Å². The van der Waals surface area contributed by atoms with Gasteiger partial charge in [-0.15, -0.1) is 0 Å². The third kappa shape index (κ3) is 11.0. The van der Waals surface area contributed by atoms with E-state index >= 15 is 0 Å². The van der Waals surface area contributed by atoms with Crippen LogP contribution in [0.1, 0.15) is 89.5 Å². The molecule has 0 radical (unpaired) electrons.